The maximum atomic E-state index is 12.4. The summed E-state index contributed by atoms with van der Waals surface area (Å²) in [4.78, 5) is 34.1. The van der Waals surface area contributed by atoms with Gasteiger partial charge in [0, 0.05) is 40.7 Å². The van der Waals surface area contributed by atoms with Gasteiger partial charge in [-0.05, 0) is 30.3 Å². The van der Waals surface area contributed by atoms with Crippen LogP contribution in [0.25, 0.3) is 56.0 Å². The molecule has 5 aromatic heterocycles. The fraction of sp³-hybridized carbons (Fsp3) is 0.143. The molecular formula is C28H24N8O. The minimum Gasteiger partial charge on any atom is -0.336 e. The summed E-state index contributed by atoms with van der Waals surface area (Å²) >= 11 is 0. The number of imidazole rings is 1. The normalized spacial score (nSPS) is 11.8. The summed E-state index contributed by atoms with van der Waals surface area (Å²) in [6.45, 7) is 5.61. The number of para-hydroxylation sites is 1. The predicted octanol–water partition coefficient (Wildman–Crippen LogP) is 5.61. The third kappa shape index (κ3) is 4.20. The van der Waals surface area contributed by atoms with Gasteiger partial charge in [-0.2, -0.15) is 5.10 Å². The highest BCUT2D eigenvalue weighted by Crippen LogP contribution is 2.32. The van der Waals surface area contributed by atoms with Gasteiger partial charge in [-0.1, -0.05) is 39.0 Å². The summed E-state index contributed by atoms with van der Waals surface area (Å²) in [6.07, 6.45) is 6.93. The first kappa shape index (κ1) is 22.5. The number of nitrogens with zero attached hydrogens (tertiary/aromatic N) is 5. The lowest BCUT2D eigenvalue weighted by Crippen LogP contribution is -2.27. The lowest BCUT2D eigenvalue weighted by atomic mass is 9.95. The minimum absolute atomic E-state index is 0.0810. The third-order valence-corrected chi connectivity index (χ3v) is 6.09. The Kier molecular flexibility index (Phi) is 5.26. The number of nitrogens with one attached hydrogen (secondary N) is 3. The quantitative estimate of drug-likeness (QED) is 0.296. The van der Waals surface area contributed by atoms with E-state index in [1.165, 1.54) is 0 Å². The Bertz CT molecular complexity index is 1760. The monoisotopic (exact) mass is 488 g/mol. The molecule has 9 heteroatoms. The molecule has 0 spiro atoms. The molecule has 0 aliphatic rings. The van der Waals surface area contributed by atoms with Gasteiger partial charge in [0.2, 0.25) is 5.91 Å². The minimum atomic E-state index is -0.512. The number of anilines is 1. The van der Waals surface area contributed by atoms with Crippen molar-refractivity contribution in [2.24, 2.45) is 5.41 Å². The van der Waals surface area contributed by atoms with Gasteiger partial charge in [0.15, 0.2) is 11.5 Å². The highest BCUT2D eigenvalue weighted by molar-refractivity contribution is 5.97. The molecule has 3 N–H and O–H groups in total. The van der Waals surface area contributed by atoms with Crippen molar-refractivity contribution in [3.05, 3.63) is 73.3 Å². The number of pyridine rings is 3. The fourth-order valence-electron chi connectivity index (χ4n) is 4.09. The number of hydrogen-bond donors (Lipinski definition) is 3. The molecule has 37 heavy (non-hydrogen) atoms. The van der Waals surface area contributed by atoms with Crippen molar-refractivity contribution in [2.45, 2.75) is 20.8 Å². The van der Waals surface area contributed by atoms with Crippen LogP contribution < -0.4 is 5.32 Å². The Hall–Kier alpha value is -4.92. The molecule has 0 atom stereocenters. The summed E-state index contributed by atoms with van der Waals surface area (Å²) in [5, 5.41) is 10.5. The van der Waals surface area contributed by atoms with Crippen molar-refractivity contribution in [1.82, 2.24) is 35.1 Å². The van der Waals surface area contributed by atoms with Crippen molar-refractivity contribution >= 4 is 33.7 Å². The maximum absolute atomic E-state index is 12.4. The number of H-pyrrole nitrogens is 2. The molecule has 0 fully saturated rings. The van der Waals surface area contributed by atoms with E-state index in [-0.39, 0.29) is 5.91 Å². The average Bonchev–Trinajstić information content (AvgIpc) is 3.52. The van der Waals surface area contributed by atoms with Crippen LogP contribution in [-0.4, -0.2) is 41.0 Å². The molecule has 182 valence electrons. The van der Waals surface area contributed by atoms with Gasteiger partial charge in [-0.15, -0.1) is 0 Å². The molecule has 6 rings (SSSR count). The van der Waals surface area contributed by atoms with E-state index >= 15 is 0 Å². The number of amides is 1. The number of fused-ring (bicyclic) bond motifs is 2. The number of carbonyl (C=O) groups excluding carboxylic acids is 1. The van der Waals surface area contributed by atoms with Gasteiger partial charge in [0.05, 0.1) is 34.1 Å². The molecule has 0 saturated carbocycles. The molecule has 1 aromatic carbocycles. The van der Waals surface area contributed by atoms with Crippen molar-refractivity contribution in [3.63, 3.8) is 0 Å². The Morgan fingerprint density at radius 3 is 2.54 bits per heavy atom. The van der Waals surface area contributed by atoms with E-state index < -0.39 is 5.41 Å². The summed E-state index contributed by atoms with van der Waals surface area (Å²) in [5.41, 5.74) is 7.40. The van der Waals surface area contributed by atoms with Gasteiger partial charge in [0.1, 0.15) is 5.52 Å². The smallest absolute Gasteiger partial charge is 0.229 e. The van der Waals surface area contributed by atoms with Crippen molar-refractivity contribution in [2.75, 3.05) is 5.32 Å². The Labute approximate surface area is 212 Å². The molecule has 6 aromatic rings. The molecule has 1 amide bonds. The number of carbonyl (C=O) groups is 1. The Morgan fingerprint density at radius 2 is 1.73 bits per heavy atom. The summed E-state index contributed by atoms with van der Waals surface area (Å²) < 4.78 is 0. The van der Waals surface area contributed by atoms with E-state index in [1.807, 2.05) is 75.5 Å². The van der Waals surface area contributed by atoms with E-state index in [1.54, 1.807) is 18.6 Å². The van der Waals surface area contributed by atoms with Crippen molar-refractivity contribution < 1.29 is 4.79 Å². The molecule has 0 saturated heterocycles. The van der Waals surface area contributed by atoms with Gasteiger partial charge in [-0.25, -0.2) is 9.97 Å². The van der Waals surface area contributed by atoms with Crippen molar-refractivity contribution in [3.8, 4) is 33.9 Å². The molecule has 0 radical (unpaired) electrons. The third-order valence-electron chi connectivity index (χ3n) is 6.09. The first-order valence-corrected chi connectivity index (χ1v) is 11.9. The number of rotatable bonds is 4. The highest BCUT2D eigenvalue weighted by Gasteiger charge is 2.22. The molecular weight excluding hydrogens is 464 g/mol. The Morgan fingerprint density at radius 1 is 0.865 bits per heavy atom. The predicted molar refractivity (Wildman–Crippen MR) is 144 cm³/mol. The van der Waals surface area contributed by atoms with Crippen LogP contribution in [0.15, 0.2) is 73.3 Å². The summed E-state index contributed by atoms with van der Waals surface area (Å²) in [7, 11) is 0. The second-order valence-corrected chi connectivity index (χ2v) is 9.86. The maximum Gasteiger partial charge on any atom is 0.229 e. The largest absolute Gasteiger partial charge is 0.336 e. The molecule has 9 nitrogen and oxygen atoms in total. The molecule has 0 aliphatic heterocycles. The first-order valence-electron chi connectivity index (χ1n) is 11.9. The first-order chi connectivity index (χ1) is 17.9. The van der Waals surface area contributed by atoms with E-state index in [4.69, 9.17) is 9.97 Å². The fourth-order valence-corrected chi connectivity index (χ4v) is 4.09. The van der Waals surface area contributed by atoms with Crippen molar-refractivity contribution in [1.29, 1.82) is 0 Å². The zero-order valence-corrected chi connectivity index (χ0v) is 20.6. The summed E-state index contributed by atoms with van der Waals surface area (Å²) in [5.74, 6) is 0.536. The number of benzene rings is 1. The van der Waals surface area contributed by atoms with Gasteiger partial charge in [0.25, 0.3) is 0 Å². The zero-order valence-electron chi connectivity index (χ0n) is 20.6. The average molecular weight is 489 g/mol. The number of hydrogen-bond acceptors (Lipinski definition) is 6. The van der Waals surface area contributed by atoms with Crippen LogP contribution in [-0.2, 0) is 4.79 Å². The molecule has 0 aliphatic carbocycles. The van der Waals surface area contributed by atoms with E-state index in [0.29, 0.717) is 28.4 Å². The van der Waals surface area contributed by atoms with Crippen LogP contribution in [0.1, 0.15) is 20.8 Å². The topological polar surface area (TPSA) is 125 Å². The van der Waals surface area contributed by atoms with Gasteiger partial charge < -0.3 is 10.3 Å². The molecule has 5 heterocycles. The zero-order chi connectivity index (χ0) is 25.6. The second kappa shape index (κ2) is 8.63. The lowest BCUT2D eigenvalue weighted by molar-refractivity contribution is -0.123. The van der Waals surface area contributed by atoms with Gasteiger partial charge >= 0.3 is 0 Å². The van der Waals surface area contributed by atoms with Crippen LogP contribution in [0.3, 0.4) is 0 Å². The van der Waals surface area contributed by atoms with E-state index in [0.717, 1.165) is 33.2 Å². The van der Waals surface area contributed by atoms with Gasteiger partial charge in [-0.3, -0.25) is 19.9 Å². The summed E-state index contributed by atoms with van der Waals surface area (Å²) in [6, 6.07) is 15.6. The lowest BCUT2D eigenvalue weighted by Gasteiger charge is -2.17. The van der Waals surface area contributed by atoms with E-state index in [9.17, 15) is 4.79 Å². The molecule has 0 unspecified atom stereocenters. The molecule has 0 bridgehead atoms. The number of aromatic amines is 2. The van der Waals surface area contributed by atoms with E-state index in [2.05, 4.69) is 30.5 Å². The van der Waals surface area contributed by atoms with Crippen LogP contribution in [0.2, 0.25) is 0 Å². The Balaban J connectivity index is 1.40. The second-order valence-electron chi connectivity index (χ2n) is 9.86. The highest BCUT2D eigenvalue weighted by atomic mass is 16.2. The standard InChI is InChI=1S/C28H24N8O/c1-28(2,3)27(37)31-18-12-17(14-30-15-18)20-9-10-22-24(32-20)25(36-35-22)26-33-21-8-4-7-19(23(21)34-26)16-6-5-11-29-13-16/h4-15H,1-3H3,(H,31,37)(H,33,34)(H,35,36). The van der Waals surface area contributed by atoms with Crippen LogP contribution in [0.4, 0.5) is 5.69 Å². The van der Waals surface area contributed by atoms with Crippen LogP contribution >= 0.6 is 0 Å². The SMILES string of the molecule is CC(C)(C)C(=O)Nc1cncc(-c2ccc3[nH]nc(-c4nc5c(-c6cccnc6)cccc5[nH]4)c3n2)c1. The van der Waals surface area contributed by atoms with Crippen LogP contribution in [0.5, 0.6) is 0 Å². The number of aromatic nitrogens is 7. The van der Waals surface area contributed by atoms with Crippen LogP contribution in [0, 0.1) is 5.41 Å².